The van der Waals surface area contributed by atoms with Gasteiger partial charge < -0.3 is 0 Å². The molecule has 0 aliphatic carbocycles. The van der Waals surface area contributed by atoms with Gasteiger partial charge in [0.2, 0.25) is 0 Å². The molecule has 0 aliphatic heterocycles. The minimum Gasteiger partial charge on any atom is -0.0679 e. The van der Waals surface area contributed by atoms with Crippen molar-refractivity contribution >= 4 is 67.2 Å². The first kappa shape index (κ1) is 14.6. The van der Waals surface area contributed by atoms with E-state index in [1.807, 2.05) is 0 Å². The average molecular weight is 234 g/mol. The van der Waals surface area contributed by atoms with Crippen LogP contribution in [0.4, 0.5) is 0 Å². The summed E-state index contributed by atoms with van der Waals surface area (Å²) in [6.45, 7) is 14.2. The molecule has 0 spiro atoms. The standard InChI is InChI=1S/C10H18Si2.K/c1-7-8(2)10(4)12(6)11(5)9(7)3;/h1-6H3;. The van der Waals surface area contributed by atoms with Gasteiger partial charge in [0.1, 0.15) is 0 Å². The van der Waals surface area contributed by atoms with Crippen molar-refractivity contribution in [3.05, 3.63) is 21.5 Å². The molecule has 67 valence electrons. The van der Waals surface area contributed by atoms with Crippen LogP contribution in [-0.2, 0) is 13.1 Å². The molecule has 0 unspecified atom stereocenters. The Hall–Kier alpha value is 1.55. The third kappa shape index (κ3) is 2.77. The summed E-state index contributed by atoms with van der Waals surface area (Å²) in [5, 5.41) is 3.44. The zero-order chi connectivity index (χ0) is 9.46. The summed E-state index contributed by atoms with van der Waals surface area (Å²) in [5.41, 5.74) is 3.17. The van der Waals surface area contributed by atoms with Crippen molar-refractivity contribution in [1.82, 2.24) is 0 Å². The molecule has 0 aromatic carbocycles. The van der Waals surface area contributed by atoms with Crippen LogP contribution in [0.15, 0.2) is 0 Å². The van der Waals surface area contributed by atoms with Crippen molar-refractivity contribution in [3.63, 3.8) is 0 Å². The summed E-state index contributed by atoms with van der Waals surface area (Å²) in [6, 6.07) is 0. The summed E-state index contributed by atoms with van der Waals surface area (Å²) in [4.78, 5) is 0. The van der Waals surface area contributed by atoms with E-state index in [-0.39, 0.29) is 67.2 Å². The van der Waals surface area contributed by atoms with Gasteiger partial charge in [-0.25, -0.2) is 0 Å². The number of hydrogen-bond acceptors (Lipinski definition) is 0. The van der Waals surface area contributed by atoms with E-state index in [2.05, 4.69) is 40.8 Å². The van der Waals surface area contributed by atoms with Crippen molar-refractivity contribution in [2.75, 3.05) is 0 Å². The third-order valence-electron chi connectivity index (χ3n) is 3.38. The van der Waals surface area contributed by atoms with Crippen molar-refractivity contribution in [2.24, 2.45) is 13.1 Å². The Morgan fingerprint density at radius 2 is 0.923 bits per heavy atom. The van der Waals surface area contributed by atoms with E-state index in [4.69, 9.17) is 0 Å². The number of rotatable bonds is 0. The maximum atomic E-state index is 2.48. The van der Waals surface area contributed by atoms with Crippen LogP contribution in [0.1, 0.15) is 21.5 Å². The Labute approximate surface area is 127 Å². The van der Waals surface area contributed by atoms with Gasteiger partial charge in [0.25, 0.3) is 0 Å². The molecule has 0 atom stereocenters. The molecule has 13 heavy (non-hydrogen) atoms. The molecule has 0 amide bonds. The van der Waals surface area contributed by atoms with E-state index in [0.717, 1.165) is 0 Å². The van der Waals surface area contributed by atoms with E-state index in [0.29, 0.717) is 0 Å². The van der Waals surface area contributed by atoms with Crippen LogP contribution in [0.25, 0.3) is 0 Å². The molecule has 0 nitrogen and oxygen atoms in total. The summed E-state index contributed by atoms with van der Waals surface area (Å²) in [6.07, 6.45) is 0. The summed E-state index contributed by atoms with van der Waals surface area (Å²) < 4.78 is 0. The van der Waals surface area contributed by atoms with E-state index in [9.17, 15) is 0 Å². The van der Waals surface area contributed by atoms with Crippen LogP contribution in [-0.4, -0.2) is 67.2 Å². The normalized spacial score (nSPS) is 9.69. The van der Waals surface area contributed by atoms with E-state index >= 15 is 0 Å². The fraction of sp³-hybridized carbons (Fsp3) is 0.600. The monoisotopic (exact) mass is 233 g/mol. The smallest absolute Gasteiger partial charge is 0.0203 e. The van der Waals surface area contributed by atoms with E-state index in [1.165, 1.54) is 0 Å². The molecule has 0 saturated heterocycles. The summed E-state index contributed by atoms with van der Waals surface area (Å²) in [7, 11) is -0.309. The molecule has 0 aliphatic rings. The second-order valence-corrected chi connectivity index (χ2v) is 12.2. The second-order valence-electron chi connectivity index (χ2n) is 3.75. The molecule has 1 radical (unpaired) electrons. The summed E-state index contributed by atoms with van der Waals surface area (Å²) >= 11 is 0. The van der Waals surface area contributed by atoms with Crippen molar-refractivity contribution in [1.29, 1.82) is 0 Å². The molecule has 1 heterocycles. The fourth-order valence-corrected chi connectivity index (χ4v) is 8.81. The minimum absolute atomic E-state index is 0. The van der Waals surface area contributed by atoms with Crippen molar-refractivity contribution in [3.8, 4) is 0 Å². The van der Waals surface area contributed by atoms with Gasteiger partial charge in [-0.2, -0.15) is 0 Å². The Bertz CT molecular complexity index is 227. The maximum absolute atomic E-state index is 2.48. The van der Waals surface area contributed by atoms with E-state index < -0.39 is 0 Å². The van der Waals surface area contributed by atoms with Crippen LogP contribution in [0.2, 0.25) is 0 Å². The Balaban J connectivity index is 0.00000144. The van der Waals surface area contributed by atoms with E-state index in [1.54, 1.807) is 21.5 Å². The van der Waals surface area contributed by atoms with Gasteiger partial charge >= 0.3 is 0 Å². The quantitative estimate of drug-likeness (QED) is 0.598. The second kappa shape index (κ2) is 5.58. The van der Waals surface area contributed by atoms with Crippen LogP contribution in [0.3, 0.4) is 0 Å². The predicted molar refractivity (Wildman–Crippen MR) is 65.0 cm³/mol. The van der Waals surface area contributed by atoms with Gasteiger partial charge in [-0.3, -0.25) is 0 Å². The number of hydrogen-bond donors (Lipinski definition) is 0. The zero-order valence-corrected chi connectivity index (χ0v) is 15.1. The molecule has 1 rings (SSSR count). The van der Waals surface area contributed by atoms with Gasteiger partial charge in [-0.05, 0) is 27.7 Å². The van der Waals surface area contributed by atoms with Crippen LogP contribution >= 0.6 is 0 Å². The van der Waals surface area contributed by atoms with Gasteiger partial charge in [0.15, 0.2) is 0 Å². The molecule has 3 heteroatoms. The van der Waals surface area contributed by atoms with Crippen LogP contribution in [0.5, 0.6) is 0 Å². The molecule has 0 N–H and O–H groups in total. The topological polar surface area (TPSA) is 0 Å². The van der Waals surface area contributed by atoms with Crippen molar-refractivity contribution in [2.45, 2.75) is 27.7 Å². The molecule has 0 bridgehead atoms. The summed E-state index contributed by atoms with van der Waals surface area (Å²) in [5.74, 6) is 0. The molecule has 0 saturated carbocycles. The zero-order valence-electron chi connectivity index (χ0n) is 10.0. The van der Waals surface area contributed by atoms with Crippen molar-refractivity contribution < 1.29 is 0 Å². The van der Waals surface area contributed by atoms with Crippen LogP contribution in [0, 0.1) is 27.7 Å². The third-order valence-corrected chi connectivity index (χ3v) is 13.1. The van der Waals surface area contributed by atoms with Gasteiger partial charge in [-0.15, -0.1) is 0 Å². The Morgan fingerprint density at radius 1 is 0.692 bits per heavy atom. The van der Waals surface area contributed by atoms with Gasteiger partial charge in [0, 0.05) is 67.2 Å². The first-order chi connectivity index (χ1) is 5.46. The first-order valence-electron chi connectivity index (χ1n) is 4.50. The molecule has 1 aromatic rings. The first-order valence-corrected chi connectivity index (χ1v) is 9.50. The fourth-order valence-electron chi connectivity index (χ4n) is 1.69. The molecule has 0 fully saturated rings. The van der Waals surface area contributed by atoms with Crippen LogP contribution < -0.4 is 0 Å². The van der Waals surface area contributed by atoms with Gasteiger partial charge in [0.05, 0.1) is 0 Å². The minimum atomic E-state index is -0.155. The van der Waals surface area contributed by atoms with Gasteiger partial charge in [-0.1, -0.05) is 34.6 Å². The average Bonchev–Trinajstić information content (AvgIpc) is 2.08. The molecular weight excluding hydrogens is 215 g/mol. The molecular formula is C10H18KSi2. The molecule has 1 aromatic heterocycles. The Morgan fingerprint density at radius 3 is 1.15 bits per heavy atom. The predicted octanol–water partition coefficient (Wildman–Crippen LogP) is 1.66. The largest absolute Gasteiger partial charge is 0.0679 e. The Kier molecular flexibility index (Phi) is 6.25. The SMILES string of the molecule is Cc1c(C)c(C)[si](C)[si](C)c1C.[K]. The maximum Gasteiger partial charge on any atom is 0.0203 e.